The lowest BCUT2D eigenvalue weighted by Crippen LogP contribution is -2.78. The lowest BCUT2D eigenvalue weighted by molar-refractivity contribution is -0.230. The van der Waals surface area contributed by atoms with Crippen LogP contribution in [0.15, 0.2) is 45.4 Å². The number of hydrogen-bond donors (Lipinski definition) is 8. The Labute approximate surface area is 239 Å². The van der Waals surface area contributed by atoms with Crippen molar-refractivity contribution in [2.24, 2.45) is 21.5 Å². The summed E-state index contributed by atoms with van der Waals surface area (Å²) in [6.45, 7) is 4.33. The quantitative estimate of drug-likeness (QED) is 0.166. The molecule has 4 atom stereocenters. The van der Waals surface area contributed by atoms with Gasteiger partial charge in [0.25, 0.3) is 17.4 Å². The van der Waals surface area contributed by atoms with Gasteiger partial charge in [0.15, 0.2) is 17.6 Å². The molecular weight excluding hydrogens is 548 g/mol. The Bertz CT molecular complexity index is 1560. The maximum Gasteiger partial charge on any atom is 0.271 e. The van der Waals surface area contributed by atoms with Crippen LogP contribution in [-0.2, 0) is 5.41 Å². The molecule has 10 N–H and O–H groups in total. The minimum absolute atomic E-state index is 0.0379. The highest BCUT2D eigenvalue weighted by Gasteiger charge is 2.73. The molecule has 4 aliphatic rings. The first-order valence-electron chi connectivity index (χ1n) is 13.4. The van der Waals surface area contributed by atoms with Gasteiger partial charge in [0, 0.05) is 24.8 Å². The number of fused-ring (bicyclic) bond motifs is 1. The van der Waals surface area contributed by atoms with E-state index in [-0.39, 0.29) is 41.7 Å². The number of hydrogen-bond acceptors (Lipinski definition) is 13. The number of aromatic nitrogens is 2. The second-order valence-corrected chi connectivity index (χ2v) is 11.4. The molecule has 16 nitrogen and oxygen atoms in total. The minimum atomic E-state index is -2.66. The number of para-hydroxylation sites is 1. The Morgan fingerprint density at radius 2 is 2.00 bits per heavy atom. The molecule has 3 unspecified atom stereocenters. The fourth-order valence-corrected chi connectivity index (χ4v) is 6.19. The summed E-state index contributed by atoms with van der Waals surface area (Å²) >= 11 is 0. The molecule has 16 heteroatoms. The Balaban J connectivity index is 1.26. The average Bonchev–Trinajstić information content (AvgIpc) is 3.41. The lowest BCUT2D eigenvalue weighted by Gasteiger charge is -2.49. The molecule has 222 valence electrons. The molecule has 1 fully saturated rings. The first kappa shape index (κ1) is 27.5. The fraction of sp³-hybridized carbons (Fsp3) is 0.462. The van der Waals surface area contributed by atoms with E-state index in [1.54, 1.807) is 12.1 Å². The number of aliphatic hydroxyl groups is 2. The monoisotopic (exact) mass is 580 g/mol. The molecule has 0 saturated carbocycles. The summed E-state index contributed by atoms with van der Waals surface area (Å²) in [4.78, 5) is 53.9. The average molecular weight is 581 g/mol. The Kier molecular flexibility index (Phi) is 6.16. The van der Waals surface area contributed by atoms with E-state index in [2.05, 4.69) is 49.8 Å². The first-order chi connectivity index (χ1) is 19.8. The zero-order valence-corrected chi connectivity index (χ0v) is 22.9. The zero-order valence-electron chi connectivity index (χ0n) is 22.9. The van der Waals surface area contributed by atoms with Crippen LogP contribution >= 0.6 is 0 Å². The SMILES string of the molecule is CC1(C)CCOc2c(C(=O)NC3CN4C(N)=N[C@H](CNC(=O)c5c[nH]c(=O)cn5)C5N=C(N)NC54C3(O)O)cccc21. The second kappa shape index (κ2) is 9.42. The number of carbonyl (C=O) groups is 2. The second-order valence-electron chi connectivity index (χ2n) is 11.4. The minimum Gasteiger partial charge on any atom is -0.492 e. The highest BCUT2D eigenvalue weighted by molar-refractivity contribution is 5.98. The van der Waals surface area contributed by atoms with E-state index < -0.39 is 46.9 Å². The third kappa shape index (κ3) is 4.05. The largest absolute Gasteiger partial charge is 0.492 e. The van der Waals surface area contributed by atoms with Gasteiger partial charge in [-0.05, 0) is 17.9 Å². The van der Waals surface area contributed by atoms with Crippen molar-refractivity contribution in [1.82, 2.24) is 30.8 Å². The lowest BCUT2D eigenvalue weighted by atomic mass is 9.79. The molecule has 2 aromatic rings. The van der Waals surface area contributed by atoms with E-state index in [9.17, 15) is 24.6 Å². The van der Waals surface area contributed by atoms with Crippen molar-refractivity contribution in [3.63, 3.8) is 0 Å². The molecule has 6 rings (SSSR count). The Morgan fingerprint density at radius 3 is 2.74 bits per heavy atom. The number of rotatable bonds is 5. The zero-order chi connectivity index (χ0) is 30.0. The number of guanidine groups is 2. The summed E-state index contributed by atoms with van der Waals surface area (Å²) in [5.41, 5.74) is 11.0. The van der Waals surface area contributed by atoms with E-state index in [0.29, 0.717) is 12.4 Å². The van der Waals surface area contributed by atoms with E-state index in [1.807, 2.05) is 6.07 Å². The van der Waals surface area contributed by atoms with Gasteiger partial charge in [0.2, 0.25) is 5.79 Å². The third-order valence-electron chi connectivity index (χ3n) is 8.45. The van der Waals surface area contributed by atoms with Crippen LogP contribution in [0.2, 0.25) is 0 Å². The van der Waals surface area contributed by atoms with Crippen molar-refractivity contribution >= 4 is 23.7 Å². The van der Waals surface area contributed by atoms with Crippen molar-refractivity contribution in [3.8, 4) is 5.75 Å². The summed E-state index contributed by atoms with van der Waals surface area (Å²) in [6, 6.07) is 2.13. The molecule has 4 aliphatic heterocycles. The van der Waals surface area contributed by atoms with Gasteiger partial charge in [-0.3, -0.25) is 14.4 Å². The van der Waals surface area contributed by atoms with E-state index in [1.165, 1.54) is 11.1 Å². The Hall–Kier alpha value is -4.70. The molecule has 0 bridgehead atoms. The predicted molar refractivity (Wildman–Crippen MR) is 149 cm³/mol. The first-order valence-corrected chi connectivity index (χ1v) is 13.4. The van der Waals surface area contributed by atoms with E-state index in [0.717, 1.165) is 18.2 Å². The summed E-state index contributed by atoms with van der Waals surface area (Å²) in [6.07, 6.45) is 2.93. The van der Waals surface area contributed by atoms with Gasteiger partial charge in [-0.25, -0.2) is 15.0 Å². The highest BCUT2D eigenvalue weighted by Crippen LogP contribution is 2.45. The number of H-pyrrole nitrogens is 1. The van der Waals surface area contributed by atoms with Crippen LogP contribution in [0, 0.1) is 0 Å². The number of amides is 2. The standard InChI is InChI=1S/C26H32N10O6/c1-24(2)6-7-42-18-12(4-3-5-13(18)24)20(38)33-16-11-36-23(28)32-14(8-31-21(39)15-9-30-17(37)10-29-15)19-25(36,26(16,40)41)35-22(27)34-19/h3-5,9-10,14,16,19,40-41H,6-8,11H2,1-2H3,(H2,28,32)(H,30,37)(H,31,39)(H,33,38)(H3,27,34,35)/t14-,16?,19?,25?/m1/s1. The number of carbonyl (C=O) groups excluding carboxylic acids is 2. The molecule has 1 aromatic heterocycles. The maximum absolute atomic E-state index is 13.6. The third-order valence-corrected chi connectivity index (χ3v) is 8.45. The normalized spacial score (nSPS) is 28.2. The molecule has 0 aliphatic carbocycles. The molecule has 0 radical (unpaired) electrons. The van der Waals surface area contributed by atoms with E-state index in [4.69, 9.17) is 16.2 Å². The molecule has 2 amide bonds. The predicted octanol–water partition coefficient (Wildman–Crippen LogP) is -2.97. The smallest absolute Gasteiger partial charge is 0.271 e. The van der Waals surface area contributed by atoms with Crippen LogP contribution in [0.25, 0.3) is 0 Å². The number of benzene rings is 1. The summed E-state index contributed by atoms with van der Waals surface area (Å²) in [7, 11) is 0. The van der Waals surface area contributed by atoms with Gasteiger partial charge in [0.1, 0.15) is 23.5 Å². The number of aromatic amines is 1. The van der Waals surface area contributed by atoms with Crippen LogP contribution in [-0.4, -0.2) is 98.1 Å². The van der Waals surface area contributed by atoms with Gasteiger partial charge >= 0.3 is 0 Å². The van der Waals surface area contributed by atoms with Gasteiger partial charge in [0.05, 0.1) is 24.4 Å². The summed E-state index contributed by atoms with van der Waals surface area (Å²) in [5, 5.41) is 31.7. The van der Waals surface area contributed by atoms with Crippen molar-refractivity contribution in [1.29, 1.82) is 0 Å². The van der Waals surface area contributed by atoms with Crippen LogP contribution in [0.4, 0.5) is 0 Å². The molecule has 1 aromatic carbocycles. The van der Waals surface area contributed by atoms with Crippen LogP contribution in [0.3, 0.4) is 0 Å². The van der Waals surface area contributed by atoms with Crippen molar-refractivity contribution in [2.75, 3.05) is 19.7 Å². The molecular formula is C26H32N10O6. The molecule has 5 heterocycles. The number of nitrogens with two attached hydrogens (primary N) is 2. The number of aliphatic imine (C=N–C) groups is 2. The summed E-state index contributed by atoms with van der Waals surface area (Å²) in [5.74, 6) is -3.53. The van der Waals surface area contributed by atoms with Crippen LogP contribution in [0.1, 0.15) is 46.7 Å². The number of ether oxygens (including phenoxy) is 1. The Morgan fingerprint density at radius 1 is 1.21 bits per heavy atom. The van der Waals surface area contributed by atoms with Crippen LogP contribution < -0.4 is 37.7 Å². The van der Waals surface area contributed by atoms with Crippen molar-refractivity contribution in [2.45, 2.75) is 55.3 Å². The number of nitrogens with zero attached hydrogens (tertiary/aromatic N) is 4. The van der Waals surface area contributed by atoms with Crippen molar-refractivity contribution < 1.29 is 24.5 Å². The van der Waals surface area contributed by atoms with Crippen molar-refractivity contribution in [3.05, 3.63) is 57.8 Å². The van der Waals surface area contributed by atoms with Gasteiger partial charge in [-0.15, -0.1) is 0 Å². The topological polar surface area (TPSA) is 246 Å². The van der Waals surface area contributed by atoms with Gasteiger partial charge < -0.3 is 52.3 Å². The van der Waals surface area contributed by atoms with Gasteiger partial charge in [-0.2, -0.15) is 0 Å². The molecule has 1 spiro atoms. The summed E-state index contributed by atoms with van der Waals surface area (Å²) < 4.78 is 5.88. The highest BCUT2D eigenvalue weighted by atomic mass is 16.5. The maximum atomic E-state index is 13.6. The fourth-order valence-electron chi connectivity index (χ4n) is 6.19. The number of nitrogens with one attached hydrogen (secondary N) is 4. The van der Waals surface area contributed by atoms with Gasteiger partial charge in [-0.1, -0.05) is 26.0 Å². The van der Waals surface area contributed by atoms with Crippen LogP contribution in [0.5, 0.6) is 5.75 Å². The van der Waals surface area contributed by atoms with E-state index >= 15 is 0 Å². The molecule has 1 saturated heterocycles. The molecule has 42 heavy (non-hydrogen) atoms.